The minimum absolute atomic E-state index is 0.259. The summed E-state index contributed by atoms with van der Waals surface area (Å²) in [5, 5.41) is 11.8. The van der Waals surface area contributed by atoms with Crippen molar-refractivity contribution < 1.29 is 9.53 Å². The Labute approximate surface area is 130 Å². The Morgan fingerprint density at radius 2 is 1.91 bits per heavy atom. The predicted octanol–water partition coefficient (Wildman–Crippen LogP) is 3.66. The molecular formula is C18H18N2O2. The first-order valence-electron chi connectivity index (χ1n) is 7.17. The van der Waals surface area contributed by atoms with E-state index in [1.165, 1.54) is 0 Å². The summed E-state index contributed by atoms with van der Waals surface area (Å²) in [4.78, 5) is 12.3. The highest BCUT2D eigenvalue weighted by Gasteiger charge is 2.19. The summed E-state index contributed by atoms with van der Waals surface area (Å²) in [6.45, 7) is 3.88. The van der Waals surface area contributed by atoms with E-state index in [1.54, 1.807) is 24.3 Å². The van der Waals surface area contributed by atoms with Gasteiger partial charge in [-0.3, -0.25) is 4.79 Å². The van der Waals surface area contributed by atoms with Crippen molar-refractivity contribution in [3.63, 3.8) is 0 Å². The molecule has 22 heavy (non-hydrogen) atoms. The number of amides is 1. The van der Waals surface area contributed by atoms with Crippen LogP contribution < -0.4 is 10.1 Å². The van der Waals surface area contributed by atoms with Crippen LogP contribution in [-0.4, -0.2) is 12.0 Å². The number of nitriles is 1. The molecule has 0 unspecified atom stereocenters. The highest BCUT2D eigenvalue weighted by molar-refractivity contribution is 5.95. The number of ether oxygens (including phenoxy) is 1. The maximum atomic E-state index is 12.3. The molecule has 4 nitrogen and oxygen atoms in total. The molecule has 0 aliphatic heterocycles. The third kappa shape index (κ3) is 3.86. The molecule has 1 atom stereocenters. The number of anilines is 1. The number of carbonyl (C=O) groups is 1. The van der Waals surface area contributed by atoms with Gasteiger partial charge in [-0.1, -0.05) is 36.8 Å². The van der Waals surface area contributed by atoms with Crippen LogP contribution >= 0.6 is 0 Å². The van der Waals surface area contributed by atoms with Crippen LogP contribution in [0.5, 0.6) is 5.75 Å². The number of carbonyl (C=O) groups excluding carboxylic acids is 1. The van der Waals surface area contributed by atoms with Gasteiger partial charge in [-0.25, -0.2) is 0 Å². The van der Waals surface area contributed by atoms with E-state index in [-0.39, 0.29) is 5.91 Å². The third-order valence-corrected chi connectivity index (χ3v) is 3.27. The summed E-state index contributed by atoms with van der Waals surface area (Å²) in [5.74, 6) is 0.395. The average molecular weight is 294 g/mol. The smallest absolute Gasteiger partial charge is 0.265 e. The van der Waals surface area contributed by atoms with Gasteiger partial charge in [0.05, 0.1) is 11.3 Å². The summed E-state index contributed by atoms with van der Waals surface area (Å²) in [7, 11) is 0. The standard InChI is InChI=1S/C18H18N2O2/c1-3-17(22-15-10-8-13(2)9-11-15)18(21)20-16-7-5-4-6-14(16)12-19/h4-11,17H,3H2,1-2H3,(H,20,21)/t17-/m0/s1. The Balaban J connectivity index is 2.09. The zero-order valence-electron chi connectivity index (χ0n) is 12.7. The lowest BCUT2D eigenvalue weighted by atomic mass is 10.1. The van der Waals surface area contributed by atoms with Crippen LogP contribution in [0.2, 0.25) is 0 Å². The van der Waals surface area contributed by atoms with E-state index in [4.69, 9.17) is 10.00 Å². The van der Waals surface area contributed by atoms with Crippen LogP contribution in [0.3, 0.4) is 0 Å². The number of hydrogen-bond acceptors (Lipinski definition) is 3. The molecule has 112 valence electrons. The Morgan fingerprint density at radius 1 is 1.23 bits per heavy atom. The lowest BCUT2D eigenvalue weighted by Gasteiger charge is -2.17. The number of nitrogens with one attached hydrogen (secondary N) is 1. The molecule has 0 aliphatic rings. The molecule has 0 spiro atoms. The number of hydrogen-bond donors (Lipinski definition) is 1. The number of para-hydroxylation sites is 1. The van der Waals surface area contributed by atoms with Gasteiger partial charge in [0, 0.05) is 0 Å². The van der Waals surface area contributed by atoms with Crippen LogP contribution in [0.1, 0.15) is 24.5 Å². The fraction of sp³-hybridized carbons (Fsp3) is 0.222. The van der Waals surface area contributed by atoms with E-state index in [1.807, 2.05) is 38.1 Å². The molecule has 0 aliphatic carbocycles. The molecule has 0 radical (unpaired) electrons. The van der Waals surface area contributed by atoms with Gasteiger partial charge in [0.25, 0.3) is 5.91 Å². The van der Waals surface area contributed by atoms with Crippen molar-refractivity contribution in [1.29, 1.82) is 5.26 Å². The van der Waals surface area contributed by atoms with Gasteiger partial charge >= 0.3 is 0 Å². The first-order valence-corrected chi connectivity index (χ1v) is 7.17. The van der Waals surface area contributed by atoms with E-state index in [0.717, 1.165) is 5.56 Å². The van der Waals surface area contributed by atoms with Crippen molar-refractivity contribution in [3.05, 3.63) is 59.7 Å². The second-order valence-electron chi connectivity index (χ2n) is 4.97. The Bertz CT molecular complexity index is 687. The molecule has 2 aromatic rings. The predicted molar refractivity (Wildman–Crippen MR) is 85.7 cm³/mol. The van der Waals surface area contributed by atoms with Gasteiger partial charge in [0.15, 0.2) is 6.10 Å². The van der Waals surface area contributed by atoms with Crippen LogP contribution in [-0.2, 0) is 4.79 Å². The number of aryl methyl sites for hydroxylation is 1. The summed E-state index contributed by atoms with van der Waals surface area (Å²) in [5.41, 5.74) is 2.06. The monoisotopic (exact) mass is 294 g/mol. The largest absolute Gasteiger partial charge is 0.481 e. The Hall–Kier alpha value is -2.80. The molecule has 2 aromatic carbocycles. The van der Waals surface area contributed by atoms with E-state index in [2.05, 4.69) is 11.4 Å². The van der Waals surface area contributed by atoms with Crippen molar-refractivity contribution in [2.45, 2.75) is 26.4 Å². The highest BCUT2D eigenvalue weighted by Crippen LogP contribution is 2.17. The van der Waals surface area contributed by atoms with Crippen molar-refractivity contribution >= 4 is 11.6 Å². The van der Waals surface area contributed by atoms with Crippen molar-refractivity contribution in [2.24, 2.45) is 0 Å². The normalized spacial score (nSPS) is 11.3. The maximum absolute atomic E-state index is 12.3. The summed E-state index contributed by atoms with van der Waals surface area (Å²) < 4.78 is 5.73. The molecule has 2 rings (SSSR count). The molecule has 0 aromatic heterocycles. The molecule has 0 fully saturated rings. The Morgan fingerprint density at radius 3 is 2.55 bits per heavy atom. The molecule has 0 heterocycles. The van der Waals surface area contributed by atoms with Crippen molar-refractivity contribution in [3.8, 4) is 11.8 Å². The van der Waals surface area contributed by atoms with Gasteiger partial charge < -0.3 is 10.1 Å². The van der Waals surface area contributed by atoms with E-state index in [0.29, 0.717) is 23.4 Å². The molecule has 1 N–H and O–H groups in total. The molecule has 0 bridgehead atoms. The first-order chi connectivity index (χ1) is 10.6. The molecule has 0 saturated carbocycles. The lowest BCUT2D eigenvalue weighted by Crippen LogP contribution is -2.32. The molecular weight excluding hydrogens is 276 g/mol. The first kappa shape index (κ1) is 15.6. The fourth-order valence-electron chi connectivity index (χ4n) is 2.01. The minimum atomic E-state index is -0.602. The molecule has 4 heteroatoms. The maximum Gasteiger partial charge on any atom is 0.265 e. The van der Waals surface area contributed by atoms with Crippen LogP contribution in [0.4, 0.5) is 5.69 Å². The lowest BCUT2D eigenvalue weighted by molar-refractivity contribution is -0.122. The summed E-state index contributed by atoms with van der Waals surface area (Å²) >= 11 is 0. The topological polar surface area (TPSA) is 62.1 Å². The van der Waals surface area contributed by atoms with Gasteiger partial charge in [0.1, 0.15) is 11.8 Å². The van der Waals surface area contributed by atoms with E-state index in [9.17, 15) is 4.79 Å². The van der Waals surface area contributed by atoms with Gasteiger partial charge in [-0.2, -0.15) is 5.26 Å². The second kappa shape index (κ2) is 7.28. The number of benzene rings is 2. The van der Waals surface area contributed by atoms with Crippen LogP contribution in [0.25, 0.3) is 0 Å². The van der Waals surface area contributed by atoms with Crippen LogP contribution in [0, 0.1) is 18.3 Å². The van der Waals surface area contributed by atoms with Gasteiger partial charge in [-0.05, 0) is 37.6 Å². The zero-order chi connectivity index (χ0) is 15.9. The van der Waals surface area contributed by atoms with Crippen LogP contribution in [0.15, 0.2) is 48.5 Å². The quantitative estimate of drug-likeness (QED) is 0.915. The van der Waals surface area contributed by atoms with Gasteiger partial charge in [-0.15, -0.1) is 0 Å². The average Bonchev–Trinajstić information content (AvgIpc) is 2.54. The fourth-order valence-corrected chi connectivity index (χ4v) is 2.01. The number of nitrogens with zero attached hydrogens (tertiary/aromatic N) is 1. The zero-order valence-corrected chi connectivity index (χ0v) is 12.7. The van der Waals surface area contributed by atoms with Crippen molar-refractivity contribution in [2.75, 3.05) is 5.32 Å². The molecule has 0 saturated heterocycles. The molecule has 1 amide bonds. The van der Waals surface area contributed by atoms with Gasteiger partial charge in [0.2, 0.25) is 0 Å². The third-order valence-electron chi connectivity index (χ3n) is 3.27. The summed E-state index contributed by atoms with van der Waals surface area (Å²) in [6, 6.07) is 16.5. The SMILES string of the molecule is CC[C@H](Oc1ccc(C)cc1)C(=O)Nc1ccccc1C#N. The number of rotatable bonds is 5. The second-order valence-corrected chi connectivity index (χ2v) is 4.97. The Kier molecular flexibility index (Phi) is 5.16. The van der Waals surface area contributed by atoms with E-state index >= 15 is 0 Å². The van der Waals surface area contributed by atoms with Crippen molar-refractivity contribution in [1.82, 2.24) is 0 Å². The minimum Gasteiger partial charge on any atom is -0.481 e. The summed E-state index contributed by atoms with van der Waals surface area (Å²) in [6.07, 6.45) is -0.0662. The highest BCUT2D eigenvalue weighted by atomic mass is 16.5. The van der Waals surface area contributed by atoms with E-state index < -0.39 is 6.10 Å².